The number of carboxylic acids is 1. The SMILES string of the molecule is CC(C)Cc1nc(Cn2nnc(C(=O)O)c2CN)no1. The van der Waals surface area contributed by atoms with Crippen LogP contribution in [0.2, 0.25) is 0 Å². The first kappa shape index (κ1) is 14.1. The van der Waals surface area contributed by atoms with E-state index in [2.05, 4.69) is 20.5 Å². The molecular formula is C11H16N6O3. The molecule has 2 rings (SSSR count). The van der Waals surface area contributed by atoms with Crippen molar-refractivity contribution < 1.29 is 14.4 Å². The maximum absolute atomic E-state index is 11.0. The van der Waals surface area contributed by atoms with Crippen LogP contribution in [0.25, 0.3) is 0 Å². The van der Waals surface area contributed by atoms with Gasteiger partial charge in [0.25, 0.3) is 0 Å². The van der Waals surface area contributed by atoms with Crippen molar-refractivity contribution in [3.8, 4) is 0 Å². The zero-order valence-electron chi connectivity index (χ0n) is 11.3. The highest BCUT2D eigenvalue weighted by Gasteiger charge is 2.19. The number of carboxylic acid groups (broad SMARTS) is 1. The summed E-state index contributed by atoms with van der Waals surface area (Å²) in [4.78, 5) is 15.2. The minimum Gasteiger partial charge on any atom is -0.476 e. The summed E-state index contributed by atoms with van der Waals surface area (Å²) in [7, 11) is 0. The number of carbonyl (C=O) groups is 1. The Balaban J connectivity index is 2.17. The number of nitrogens with two attached hydrogens (primary N) is 1. The van der Waals surface area contributed by atoms with Crippen molar-refractivity contribution in [3.05, 3.63) is 23.1 Å². The summed E-state index contributed by atoms with van der Waals surface area (Å²) in [5, 5.41) is 20.1. The molecule has 0 aromatic carbocycles. The van der Waals surface area contributed by atoms with Gasteiger partial charge in [-0.05, 0) is 5.92 Å². The zero-order chi connectivity index (χ0) is 14.7. The smallest absolute Gasteiger partial charge is 0.358 e. The van der Waals surface area contributed by atoms with E-state index in [4.69, 9.17) is 15.4 Å². The van der Waals surface area contributed by atoms with Crippen LogP contribution in [0.3, 0.4) is 0 Å². The first-order valence-electron chi connectivity index (χ1n) is 6.18. The highest BCUT2D eigenvalue weighted by atomic mass is 16.5. The van der Waals surface area contributed by atoms with Gasteiger partial charge in [0, 0.05) is 13.0 Å². The lowest BCUT2D eigenvalue weighted by molar-refractivity contribution is 0.0689. The van der Waals surface area contributed by atoms with E-state index in [0.717, 1.165) is 0 Å². The Labute approximate surface area is 114 Å². The number of hydrogen-bond donors (Lipinski definition) is 2. The molecule has 0 unspecified atom stereocenters. The maximum atomic E-state index is 11.0. The van der Waals surface area contributed by atoms with Gasteiger partial charge >= 0.3 is 5.97 Å². The Kier molecular flexibility index (Phi) is 4.08. The number of aromatic carboxylic acids is 1. The molecule has 0 atom stereocenters. The van der Waals surface area contributed by atoms with Gasteiger partial charge in [0.1, 0.15) is 6.54 Å². The van der Waals surface area contributed by atoms with Crippen molar-refractivity contribution >= 4 is 5.97 Å². The average molecular weight is 280 g/mol. The van der Waals surface area contributed by atoms with E-state index in [-0.39, 0.29) is 18.8 Å². The molecule has 0 aliphatic carbocycles. The first-order chi connectivity index (χ1) is 9.51. The molecule has 108 valence electrons. The summed E-state index contributed by atoms with van der Waals surface area (Å²) >= 11 is 0. The van der Waals surface area contributed by atoms with Crippen LogP contribution in [0, 0.1) is 5.92 Å². The molecule has 0 aliphatic rings. The quantitative estimate of drug-likeness (QED) is 0.759. The topological polar surface area (TPSA) is 133 Å². The van der Waals surface area contributed by atoms with E-state index in [1.807, 2.05) is 13.8 Å². The lowest BCUT2D eigenvalue weighted by atomic mass is 10.1. The third kappa shape index (κ3) is 2.99. The van der Waals surface area contributed by atoms with Gasteiger partial charge in [-0.15, -0.1) is 5.10 Å². The van der Waals surface area contributed by atoms with Crippen LogP contribution in [0.15, 0.2) is 4.52 Å². The average Bonchev–Trinajstić information content (AvgIpc) is 2.95. The lowest BCUT2D eigenvalue weighted by Crippen LogP contribution is -2.13. The summed E-state index contributed by atoms with van der Waals surface area (Å²) in [6, 6.07) is 0. The summed E-state index contributed by atoms with van der Waals surface area (Å²) in [6.45, 7) is 4.29. The molecule has 0 amide bonds. The van der Waals surface area contributed by atoms with E-state index in [0.29, 0.717) is 29.7 Å². The normalized spacial score (nSPS) is 11.2. The summed E-state index contributed by atoms with van der Waals surface area (Å²) in [6.07, 6.45) is 0.689. The molecule has 0 aliphatic heterocycles. The number of aromatic nitrogens is 5. The predicted molar refractivity (Wildman–Crippen MR) is 66.8 cm³/mol. The Morgan fingerprint density at radius 1 is 1.50 bits per heavy atom. The molecule has 0 saturated heterocycles. The van der Waals surface area contributed by atoms with Crippen molar-refractivity contribution in [2.75, 3.05) is 0 Å². The summed E-state index contributed by atoms with van der Waals surface area (Å²) in [5.74, 6) is 0.207. The van der Waals surface area contributed by atoms with Crippen LogP contribution in [0.1, 0.15) is 41.7 Å². The molecule has 0 fully saturated rings. The van der Waals surface area contributed by atoms with Gasteiger partial charge in [-0.3, -0.25) is 0 Å². The van der Waals surface area contributed by atoms with E-state index in [1.165, 1.54) is 4.68 Å². The Bertz CT molecular complexity index is 603. The number of rotatable bonds is 6. The van der Waals surface area contributed by atoms with Crippen LogP contribution >= 0.6 is 0 Å². The van der Waals surface area contributed by atoms with Crippen molar-refractivity contribution in [3.63, 3.8) is 0 Å². The first-order valence-corrected chi connectivity index (χ1v) is 6.18. The van der Waals surface area contributed by atoms with Gasteiger partial charge in [0.2, 0.25) is 5.89 Å². The van der Waals surface area contributed by atoms with Gasteiger partial charge in [0.05, 0.1) is 5.69 Å². The predicted octanol–water partition coefficient (Wildman–Crippen LogP) is 0.0648. The van der Waals surface area contributed by atoms with Gasteiger partial charge < -0.3 is 15.4 Å². The maximum Gasteiger partial charge on any atom is 0.358 e. The molecule has 2 heterocycles. The Morgan fingerprint density at radius 2 is 2.25 bits per heavy atom. The second kappa shape index (κ2) is 5.78. The third-order valence-electron chi connectivity index (χ3n) is 2.62. The van der Waals surface area contributed by atoms with Crippen LogP contribution in [0.4, 0.5) is 0 Å². The molecule has 2 aromatic heterocycles. The lowest BCUT2D eigenvalue weighted by Gasteiger charge is -2.01. The second-order valence-electron chi connectivity index (χ2n) is 4.75. The fraction of sp³-hybridized carbons (Fsp3) is 0.545. The fourth-order valence-electron chi connectivity index (χ4n) is 1.75. The molecule has 3 N–H and O–H groups in total. The number of hydrogen-bond acceptors (Lipinski definition) is 7. The van der Waals surface area contributed by atoms with E-state index in [1.54, 1.807) is 0 Å². The van der Waals surface area contributed by atoms with Crippen molar-refractivity contribution in [1.29, 1.82) is 0 Å². The monoisotopic (exact) mass is 280 g/mol. The van der Waals surface area contributed by atoms with Crippen molar-refractivity contribution in [2.45, 2.75) is 33.4 Å². The van der Waals surface area contributed by atoms with Crippen LogP contribution < -0.4 is 5.73 Å². The van der Waals surface area contributed by atoms with E-state index < -0.39 is 5.97 Å². The Morgan fingerprint density at radius 3 is 2.85 bits per heavy atom. The molecule has 0 radical (unpaired) electrons. The molecule has 9 heteroatoms. The van der Waals surface area contributed by atoms with Crippen molar-refractivity contribution in [1.82, 2.24) is 25.1 Å². The molecular weight excluding hydrogens is 264 g/mol. The largest absolute Gasteiger partial charge is 0.476 e. The third-order valence-corrected chi connectivity index (χ3v) is 2.62. The number of nitrogens with zero attached hydrogens (tertiary/aromatic N) is 5. The highest BCUT2D eigenvalue weighted by Crippen LogP contribution is 2.09. The molecule has 2 aromatic rings. The molecule has 0 bridgehead atoms. The minimum atomic E-state index is -1.16. The van der Waals surface area contributed by atoms with Crippen LogP contribution in [-0.2, 0) is 19.5 Å². The molecule has 0 spiro atoms. The summed E-state index contributed by atoms with van der Waals surface area (Å²) in [5.41, 5.74) is 5.70. The molecule has 20 heavy (non-hydrogen) atoms. The van der Waals surface area contributed by atoms with Gasteiger partial charge in [0.15, 0.2) is 11.5 Å². The van der Waals surface area contributed by atoms with Gasteiger partial charge in [-0.2, -0.15) is 4.98 Å². The highest BCUT2D eigenvalue weighted by molar-refractivity contribution is 5.86. The Hall–Kier alpha value is -2.29. The minimum absolute atomic E-state index is 0.0192. The van der Waals surface area contributed by atoms with Gasteiger partial charge in [-0.1, -0.05) is 24.2 Å². The van der Waals surface area contributed by atoms with E-state index >= 15 is 0 Å². The summed E-state index contributed by atoms with van der Waals surface area (Å²) < 4.78 is 6.47. The van der Waals surface area contributed by atoms with Crippen molar-refractivity contribution in [2.24, 2.45) is 11.7 Å². The van der Waals surface area contributed by atoms with Crippen LogP contribution in [0.5, 0.6) is 0 Å². The molecule has 0 saturated carbocycles. The zero-order valence-corrected chi connectivity index (χ0v) is 11.3. The van der Waals surface area contributed by atoms with Crippen LogP contribution in [-0.4, -0.2) is 36.2 Å². The fourth-order valence-corrected chi connectivity index (χ4v) is 1.75. The standard InChI is InChI=1S/C11H16N6O3/c1-6(2)3-9-13-8(15-20-9)5-17-7(4-12)10(11(18)19)14-16-17/h6H,3-5,12H2,1-2H3,(H,18,19). The molecule has 9 nitrogen and oxygen atoms in total. The second-order valence-corrected chi connectivity index (χ2v) is 4.75. The van der Waals surface area contributed by atoms with Gasteiger partial charge in [-0.25, -0.2) is 9.48 Å². The van der Waals surface area contributed by atoms with E-state index in [9.17, 15) is 4.79 Å².